The van der Waals surface area contributed by atoms with Gasteiger partial charge in [-0.05, 0) is 36.8 Å². The first-order chi connectivity index (χ1) is 11.3. The number of primary sulfonamides is 1. The average Bonchev–Trinajstić information content (AvgIpc) is 2.49. The summed E-state index contributed by atoms with van der Waals surface area (Å²) in [5, 5.41) is 7.80. The Morgan fingerprint density at radius 3 is 2.33 bits per heavy atom. The van der Waals surface area contributed by atoms with Gasteiger partial charge in [-0.15, -0.1) is 0 Å². The van der Waals surface area contributed by atoms with E-state index in [0.29, 0.717) is 12.2 Å². The highest BCUT2D eigenvalue weighted by Crippen LogP contribution is 2.12. The number of hydrogen-bond acceptors (Lipinski definition) is 3. The Labute approximate surface area is 142 Å². The molecule has 2 aromatic rings. The zero-order valence-electron chi connectivity index (χ0n) is 13.7. The smallest absolute Gasteiger partial charge is 0.279 e. The molecule has 0 aliphatic heterocycles. The molecule has 0 aliphatic rings. The highest BCUT2D eigenvalue weighted by atomic mass is 32.2. The summed E-state index contributed by atoms with van der Waals surface area (Å²) in [6.45, 7) is 3.12. The number of nitrogens with two attached hydrogens (primary N) is 1. The number of quaternary nitrogens is 1. The van der Waals surface area contributed by atoms with E-state index < -0.39 is 10.0 Å². The molecule has 0 saturated heterocycles. The zero-order chi connectivity index (χ0) is 17.7. The van der Waals surface area contributed by atoms with Crippen LogP contribution in [0.15, 0.2) is 53.4 Å². The van der Waals surface area contributed by atoms with Crippen LogP contribution < -0.4 is 15.4 Å². The lowest BCUT2D eigenvalue weighted by Gasteiger charge is -2.15. The number of anilines is 1. The van der Waals surface area contributed by atoms with Crippen molar-refractivity contribution in [3.8, 4) is 0 Å². The largest absolute Gasteiger partial charge is 0.326 e. The van der Waals surface area contributed by atoms with Crippen molar-refractivity contribution in [1.82, 2.24) is 0 Å². The summed E-state index contributed by atoms with van der Waals surface area (Å²) < 4.78 is 22.4. The maximum atomic E-state index is 12.1. The average molecular weight is 348 g/mol. The Morgan fingerprint density at radius 2 is 1.75 bits per heavy atom. The molecular formula is C17H22N3O3S+. The highest BCUT2D eigenvalue weighted by Gasteiger charge is 2.13. The molecule has 1 amide bonds. The van der Waals surface area contributed by atoms with E-state index >= 15 is 0 Å². The molecule has 2 rings (SSSR count). The van der Waals surface area contributed by atoms with Crippen LogP contribution in [0.2, 0.25) is 0 Å². The number of hydrogen-bond donors (Lipinski definition) is 3. The minimum Gasteiger partial charge on any atom is -0.326 e. The number of aryl methyl sites for hydroxylation is 1. The van der Waals surface area contributed by atoms with Crippen molar-refractivity contribution in [3.63, 3.8) is 0 Å². The summed E-state index contributed by atoms with van der Waals surface area (Å²) in [4.78, 5) is 13.2. The minimum atomic E-state index is -3.72. The second kappa shape index (κ2) is 7.57. The lowest BCUT2D eigenvalue weighted by Crippen LogP contribution is -3.08. The van der Waals surface area contributed by atoms with Gasteiger partial charge in [0.05, 0.1) is 11.9 Å². The summed E-state index contributed by atoms with van der Waals surface area (Å²) in [6, 6.07) is 13.9. The SMILES string of the molecule is Cc1ccccc1C[NH+](C)CC(=O)Nc1ccc(S(N)(=O)=O)cc1. The van der Waals surface area contributed by atoms with Gasteiger partial charge in [0, 0.05) is 11.3 Å². The predicted octanol–water partition coefficient (Wildman–Crippen LogP) is 0.296. The highest BCUT2D eigenvalue weighted by molar-refractivity contribution is 7.89. The maximum Gasteiger partial charge on any atom is 0.279 e. The van der Waals surface area contributed by atoms with Crippen LogP contribution in [0.25, 0.3) is 0 Å². The molecule has 0 radical (unpaired) electrons. The summed E-state index contributed by atoms with van der Waals surface area (Å²) >= 11 is 0. The number of carbonyl (C=O) groups is 1. The van der Waals surface area contributed by atoms with E-state index in [2.05, 4.69) is 24.4 Å². The lowest BCUT2D eigenvalue weighted by molar-refractivity contribution is -0.885. The predicted molar refractivity (Wildman–Crippen MR) is 93.1 cm³/mol. The Morgan fingerprint density at radius 1 is 1.12 bits per heavy atom. The molecule has 0 fully saturated rings. The van der Waals surface area contributed by atoms with Crippen molar-refractivity contribution in [1.29, 1.82) is 0 Å². The molecule has 0 saturated carbocycles. The number of amides is 1. The third kappa shape index (κ3) is 5.16. The van der Waals surface area contributed by atoms with Gasteiger partial charge in [0.1, 0.15) is 6.54 Å². The van der Waals surface area contributed by atoms with E-state index in [0.717, 1.165) is 11.4 Å². The first-order valence-electron chi connectivity index (χ1n) is 7.54. The molecule has 2 aromatic carbocycles. The Balaban J connectivity index is 1.92. The molecule has 0 heterocycles. The van der Waals surface area contributed by atoms with Crippen LogP contribution in [0, 0.1) is 6.92 Å². The van der Waals surface area contributed by atoms with Gasteiger partial charge in [-0.2, -0.15) is 0 Å². The van der Waals surface area contributed by atoms with Gasteiger partial charge in [-0.1, -0.05) is 24.3 Å². The van der Waals surface area contributed by atoms with Gasteiger partial charge in [-0.25, -0.2) is 13.6 Å². The molecule has 0 spiro atoms. The summed E-state index contributed by atoms with van der Waals surface area (Å²) in [6.07, 6.45) is 0. The number of rotatable bonds is 6. The number of likely N-dealkylation sites (N-methyl/N-ethyl adjacent to an activating group) is 1. The third-order valence-corrected chi connectivity index (χ3v) is 4.61. The van der Waals surface area contributed by atoms with Crippen LogP contribution in [0.1, 0.15) is 11.1 Å². The Hall–Kier alpha value is -2.22. The molecule has 1 unspecified atom stereocenters. The van der Waals surface area contributed by atoms with Gasteiger partial charge >= 0.3 is 0 Å². The number of sulfonamides is 1. The van der Waals surface area contributed by atoms with Crippen LogP contribution >= 0.6 is 0 Å². The van der Waals surface area contributed by atoms with Crippen molar-refractivity contribution >= 4 is 21.6 Å². The van der Waals surface area contributed by atoms with Crippen molar-refractivity contribution < 1.29 is 18.1 Å². The van der Waals surface area contributed by atoms with Crippen LogP contribution in [0.5, 0.6) is 0 Å². The van der Waals surface area contributed by atoms with Gasteiger partial charge in [-0.3, -0.25) is 4.79 Å². The van der Waals surface area contributed by atoms with Crippen LogP contribution in [-0.2, 0) is 21.4 Å². The molecule has 7 heteroatoms. The second-order valence-electron chi connectivity index (χ2n) is 5.85. The Bertz CT molecular complexity index is 817. The molecule has 128 valence electrons. The van der Waals surface area contributed by atoms with Crippen LogP contribution in [0.3, 0.4) is 0 Å². The standard InChI is InChI=1S/C17H21N3O3S/c1-13-5-3-4-6-14(13)11-20(2)12-17(21)19-15-7-9-16(10-8-15)24(18,22)23/h3-10H,11-12H2,1-2H3,(H,19,21)(H2,18,22,23)/p+1. The van der Waals surface area contributed by atoms with Gasteiger partial charge in [0.15, 0.2) is 6.54 Å². The molecule has 6 nitrogen and oxygen atoms in total. The van der Waals surface area contributed by atoms with E-state index in [4.69, 9.17) is 5.14 Å². The van der Waals surface area contributed by atoms with Crippen molar-refractivity contribution in [2.75, 3.05) is 18.9 Å². The molecule has 24 heavy (non-hydrogen) atoms. The van der Waals surface area contributed by atoms with Crippen molar-refractivity contribution in [2.24, 2.45) is 5.14 Å². The van der Waals surface area contributed by atoms with E-state index in [1.165, 1.54) is 35.4 Å². The summed E-state index contributed by atoms with van der Waals surface area (Å²) in [5.41, 5.74) is 2.95. The first kappa shape index (κ1) is 18.1. The number of nitrogens with one attached hydrogen (secondary N) is 2. The van der Waals surface area contributed by atoms with E-state index in [9.17, 15) is 13.2 Å². The quantitative estimate of drug-likeness (QED) is 0.701. The Kier molecular flexibility index (Phi) is 5.71. The molecule has 4 N–H and O–H groups in total. The summed E-state index contributed by atoms with van der Waals surface area (Å²) in [7, 11) is -1.77. The fraction of sp³-hybridized carbons (Fsp3) is 0.235. The molecule has 0 aliphatic carbocycles. The monoisotopic (exact) mass is 348 g/mol. The minimum absolute atomic E-state index is 0.0165. The second-order valence-corrected chi connectivity index (χ2v) is 7.42. The van der Waals surface area contributed by atoms with Gasteiger partial charge in [0.2, 0.25) is 10.0 Å². The molecular weight excluding hydrogens is 326 g/mol. The van der Waals surface area contributed by atoms with Gasteiger partial charge < -0.3 is 10.2 Å². The first-order valence-corrected chi connectivity index (χ1v) is 9.09. The lowest BCUT2D eigenvalue weighted by atomic mass is 10.1. The third-order valence-electron chi connectivity index (χ3n) is 3.68. The molecule has 0 bridgehead atoms. The van der Waals surface area contributed by atoms with Crippen LogP contribution in [0.4, 0.5) is 5.69 Å². The van der Waals surface area contributed by atoms with Gasteiger partial charge in [0.25, 0.3) is 5.91 Å². The fourth-order valence-electron chi connectivity index (χ4n) is 2.40. The zero-order valence-corrected chi connectivity index (χ0v) is 14.6. The molecule has 1 atom stereocenters. The topological polar surface area (TPSA) is 93.7 Å². The van der Waals surface area contributed by atoms with E-state index in [1.807, 2.05) is 19.2 Å². The van der Waals surface area contributed by atoms with Crippen molar-refractivity contribution in [3.05, 3.63) is 59.7 Å². The number of carbonyl (C=O) groups excluding carboxylic acids is 1. The normalized spacial score (nSPS) is 12.6. The maximum absolute atomic E-state index is 12.1. The van der Waals surface area contributed by atoms with Crippen LogP contribution in [-0.4, -0.2) is 27.9 Å². The van der Waals surface area contributed by atoms with Crippen molar-refractivity contribution in [2.45, 2.75) is 18.4 Å². The van der Waals surface area contributed by atoms with E-state index in [1.54, 1.807) is 0 Å². The number of benzene rings is 2. The van der Waals surface area contributed by atoms with E-state index in [-0.39, 0.29) is 10.8 Å². The molecule has 0 aromatic heterocycles. The summed E-state index contributed by atoms with van der Waals surface area (Å²) in [5.74, 6) is -0.135. The fourth-order valence-corrected chi connectivity index (χ4v) is 2.92.